The third kappa shape index (κ3) is 5.49. The zero-order valence-corrected chi connectivity index (χ0v) is 16.6. The molecule has 0 radical (unpaired) electrons. The summed E-state index contributed by atoms with van der Waals surface area (Å²) in [6, 6.07) is 5.80. The fourth-order valence-corrected chi connectivity index (χ4v) is 3.51. The lowest BCUT2D eigenvalue weighted by molar-refractivity contribution is 0.394. The van der Waals surface area contributed by atoms with Crippen LogP contribution in [0.25, 0.3) is 0 Å². The van der Waals surface area contributed by atoms with Gasteiger partial charge in [-0.1, -0.05) is 13.0 Å². The molecule has 2 heterocycles. The molecule has 1 N–H and O–H groups in total. The van der Waals surface area contributed by atoms with Crippen molar-refractivity contribution < 1.29 is 4.74 Å². The maximum atomic E-state index is 5.15. The SMILES string of the molecule is CCC1CN(C(=NC)NCc2cccc(OC)n2)CCS1.I. The predicted octanol–water partition coefficient (Wildman–Crippen LogP) is 2.61. The highest BCUT2D eigenvalue weighted by atomic mass is 127. The first-order chi connectivity index (χ1) is 10.3. The lowest BCUT2D eigenvalue weighted by atomic mass is 10.3. The van der Waals surface area contributed by atoms with Gasteiger partial charge in [0.15, 0.2) is 5.96 Å². The van der Waals surface area contributed by atoms with Crippen LogP contribution in [0.2, 0.25) is 0 Å². The Labute approximate surface area is 154 Å². The highest BCUT2D eigenvalue weighted by Crippen LogP contribution is 2.21. The summed E-state index contributed by atoms with van der Waals surface area (Å²) >= 11 is 2.06. The van der Waals surface area contributed by atoms with E-state index < -0.39 is 0 Å². The predicted molar refractivity (Wildman–Crippen MR) is 105 cm³/mol. The molecule has 1 unspecified atom stereocenters. The molecule has 0 bridgehead atoms. The van der Waals surface area contributed by atoms with E-state index in [2.05, 4.69) is 38.9 Å². The molecule has 1 atom stereocenters. The molecule has 7 heteroatoms. The van der Waals surface area contributed by atoms with Gasteiger partial charge >= 0.3 is 0 Å². The minimum Gasteiger partial charge on any atom is -0.481 e. The number of methoxy groups -OCH3 is 1. The van der Waals surface area contributed by atoms with E-state index in [1.807, 2.05) is 25.2 Å². The molecule has 0 aromatic carbocycles. The van der Waals surface area contributed by atoms with Gasteiger partial charge in [-0.3, -0.25) is 4.99 Å². The molecule has 0 spiro atoms. The van der Waals surface area contributed by atoms with Crippen molar-refractivity contribution in [1.82, 2.24) is 15.2 Å². The van der Waals surface area contributed by atoms with E-state index in [4.69, 9.17) is 4.74 Å². The number of nitrogens with zero attached hydrogens (tertiary/aromatic N) is 3. The van der Waals surface area contributed by atoms with Gasteiger partial charge in [-0.2, -0.15) is 11.8 Å². The summed E-state index contributed by atoms with van der Waals surface area (Å²) < 4.78 is 5.15. The van der Waals surface area contributed by atoms with Crippen LogP contribution in [0, 0.1) is 0 Å². The van der Waals surface area contributed by atoms with Gasteiger partial charge in [-0.05, 0) is 12.5 Å². The van der Waals surface area contributed by atoms with Crippen LogP contribution in [0.4, 0.5) is 0 Å². The van der Waals surface area contributed by atoms with Crippen molar-refractivity contribution in [3.63, 3.8) is 0 Å². The van der Waals surface area contributed by atoms with Crippen molar-refractivity contribution in [2.45, 2.75) is 25.1 Å². The van der Waals surface area contributed by atoms with E-state index in [0.29, 0.717) is 17.7 Å². The van der Waals surface area contributed by atoms with Crippen molar-refractivity contribution in [2.24, 2.45) is 4.99 Å². The third-order valence-corrected chi connectivity index (χ3v) is 4.90. The molecule has 0 aliphatic carbocycles. The highest BCUT2D eigenvalue weighted by Gasteiger charge is 2.21. The van der Waals surface area contributed by atoms with E-state index in [9.17, 15) is 0 Å². The number of hydrogen-bond acceptors (Lipinski definition) is 4. The Bertz CT molecular complexity index is 486. The number of hydrogen-bond donors (Lipinski definition) is 1. The molecule has 124 valence electrons. The van der Waals surface area contributed by atoms with Gasteiger partial charge in [-0.15, -0.1) is 24.0 Å². The van der Waals surface area contributed by atoms with Crippen LogP contribution in [0.15, 0.2) is 23.2 Å². The molecule has 1 aliphatic rings. The standard InChI is InChI=1S/C15H24N4OS.HI/c1-4-13-11-19(8-9-21-13)15(16-2)17-10-12-6-5-7-14(18-12)20-3;/h5-7,13H,4,8-11H2,1-3H3,(H,16,17);1H. The summed E-state index contributed by atoms with van der Waals surface area (Å²) in [4.78, 5) is 11.2. The number of thioether (sulfide) groups is 1. The molecule has 1 saturated heterocycles. The fraction of sp³-hybridized carbons (Fsp3) is 0.600. The fourth-order valence-electron chi connectivity index (χ4n) is 2.33. The normalized spacial score (nSPS) is 18.6. The number of aliphatic imine (C=N–C) groups is 1. The zero-order chi connectivity index (χ0) is 15.1. The second kappa shape index (κ2) is 10.1. The molecule has 1 aromatic heterocycles. The molecule has 1 aliphatic heterocycles. The number of aromatic nitrogens is 1. The zero-order valence-electron chi connectivity index (χ0n) is 13.4. The first-order valence-corrected chi connectivity index (χ1v) is 8.38. The largest absolute Gasteiger partial charge is 0.481 e. The summed E-state index contributed by atoms with van der Waals surface area (Å²) in [7, 11) is 3.47. The maximum absolute atomic E-state index is 5.15. The van der Waals surface area contributed by atoms with Gasteiger partial charge < -0.3 is 15.0 Å². The lowest BCUT2D eigenvalue weighted by Gasteiger charge is -2.34. The second-order valence-electron chi connectivity index (χ2n) is 4.92. The van der Waals surface area contributed by atoms with Gasteiger partial charge in [0.05, 0.1) is 19.3 Å². The number of ether oxygens (including phenoxy) is 1. The summed E-state index contributed by atoms with van der Waals surface area (Å²) in [5.74, 6) is 2.76. The quantitative estimate of drug-likeness (QED) is 0.447. The van der Waals surface area contributed by atoms with E-state index in [1.165, 1.54) is 6.42 Å². The van der Waals surface area contributed by atoms with Crippen LogP contribution in [0.1, 0.15) is 19.0 Å². The van der Waals surface area contributed by atoms with Crippen molar-refractivity contribution in [3.05, 3.63) is 23.9 Å². The molecule has 5 nitrogen and oxygen atoms in total. The van der Waals surface area contributed by atoms with Crippen LogP contribution in [-0.4, -0.2) is 54.1 Å². The second-order valence-corrected chi connectivity index (χ2v) is 6.33. The van der Waals surface area contributed by atoms with E-state index in [-0.39, 0.29) is 24.0 Å². The van der Waals surface area contributed by atoms with Crippen LogP contribution in [-0.2, 0) is 6.54 Å². The first kappa shape index (κ1) is 19.3. The van der Waals surface area contributed by atoms with Crippen LogP contribution >= 0.6 is 35.7 Å². The lowest BCUT2D eigenvalue weighted by Crippen LogP contribution is -2.47. The smallest absolute Gasteiger partial charge is 0.213 e. The van der Waals surface area contributed by atoms with E-state index in [0.717, 1.165) is 30.5 Å². The maximum Gasteiger partial charge on any atom is 0.213 e. The monoisotopic (exact) mass is 436 g/mol. The topological polar surface area (TPSA) is 49.8 Å². The highest BCUT2D eigenvalue weighted by molar-refractivity contribution is 14.0. The summed E-state index contributed by atoms with van der Waals surface area (Å²) in [5, 5.41) is 4.10. The number of rotatable bonds is 4. The van der Waals surface area contributed by atoms with Gasteiger partial charge in [-0.25, -0.2) is 4.98 Å². The van der Waals surface area contributed by atoms with Gasteiger partial charge in [0.2, 0.25) is 5.88 Å². The summed E-state index contributed by atoms with van der Waals surface area (Å²) in [5.41, 5.74) is 0.953. The van der Waals surface area contributed by atoms with E-state index in [1.54, 1.807) is 7.11 Å². The Morgan fingerprint density at radius 3 is 3.05 bits per heavy atom. The molecular weight excluding hydrogens is 411 g/mol. The summed E-state index contributed by atoms with van der Waals surface area (Å²) in [6.07, 6.45) is 1.20. The molecular formula is C15H25IN4OS. The van der Waals surface area contributed by atoms with Crippen LogP contribution < -0.4 is 10.1 Å². The Balaban J connectivity index is 0.00000242. The molecule has 1 fully saturated rings. The van der Waals surface area contributed by atoms with Crippen LogP contribution in [0.5, 0.6) is 5.88 Å². The van der Waals surface area contributed by atoms with Gasteiger partial charge in [0.25, 0.3) is 0 Å². The number of nitrogens with one attached hydrogen (secondary N) is 1. The Kier molecular flexibility index (Phi) is 8.92. The van der Waals surface area contributed by atoms with Crippen molar-refractivity contribution >= 4 is 41.7 Å². The number of guanidine groups is 1. The minimum atomic E-state index is 0. The Morgan fingerprint density at radius 2 is 2.36 bits per heavy atom. The van der Waals surface area contributed by atoms with Crippen molar-refractivity contribution in [1.29, 1.82) is 0 Å². The minimum absolute atomic E-state index is 0. The summed E-state index contributed by atoms with van der Waals surface area (Å²) in [6.45, 7) is 5.01. The Morgan fingerprint density at radius 1 is 1.55 bits per heavy atom. The average Bonchev–Trinajstić information content (AvgIpc) is 2.56. The average molecular weight is 436 g/mol. The molecule has 0 saturated carbocycles. The molecule has 22 heavy (non-hydrogen) atoms. The van der Waals surface area contributed by atoms with Gasteiger partial charge in [0.1, 0.15) is 0 Å². The van der Waals surface area contributed by atoms with Gasteiger partial charge in [0, 0.05) is 37.2 Å². The van der Waals surface area contributed by atoms with E-state index >= 15 is 0 Å². The molecule has 1 aromatic rings. The van der Waals surface area contributed by atoms with Crippen LogP contribution in [0.3, 0.4) is 0 Å². The molecule has 2 rings (SSSR count). The van der Waals surface area contributed by atoms with Crippen molar-refractivity contribution in [3.8, 4) is 5.88 Å². The molecule has 0 amide bonds. The number of pyridine rings is 1. The first-order valence-electron chi connectivity index (χ1n) is 7.34. The third-order valence-electron chi connectivity index (χ3n) is 3.52. The number of halogens is 1. The Hall–Kier alpha value is -0.700. The van der Waals surface area contributed by atoms with Crippen molar-refractivity contribution in [2.75, 3.05) is 33.0 Å².